The Hall–Kier alpha value is -3.12. The second-order valence-corrected chi connectivity index (χ2v) is 6.41. The van der Waals surface area contributed by atoms with Crippen LogP contribution in [-0.2, 0) is 0 Å². The molecule has 0 atom stereocenters. The van der Waals surface area contributed by atoms with E-state index >= 15 is 0 Å². The highest BCUT2D eigenvalue weighted by Gasteiger charge is 2.08. The number of nitrogens with one attached hydrogen (secondary N) is 3. The molecule has 0 aliphatic rings. The maximum atomic E-state index is 12.1. The van der Waals surface area contributed by atoms with E-state index in [0.717, 1.165) is 5.56 Å². The average molecular weight is 351 g/mol. The second kappa shape index (κ2) is 7.63. The largest absolute Gasteiger partial charge is 0.323 e. The van der Waals surface area contributed by atoms with Crippen LogP contribution >= 0.6 is 11.3 Å². The normalized spacial score (nSPS) is 10.1. The van der Waals surface area contributed by atoms with Crippen molar-refractivity contribution in [3.8, 4) is 0 Å². The Morgan fingerprint density at radius 1 is 0.800 bits per heavy atom. The van der Waals surface area contributed by atoms with Gasteiger partial charge in [-0.1, -0.05) is 29.8 Å². The summed E-state index contributed by atoms with van der Waals surface area (Å²) in [6, 6.07) is 17.8. The Bertz CT molecular complexity index is 874. The highest BCUT2D eigenvalue weighted by Crippen LogP contribution is 2.18. The van der Waals surface area contributed by atoms with Gasteiger partial charge in [0.05, 0.1) is 4.88 Å². The van der Waals surface area contributed by atoms with Crippen LogP contribution < -0.4 is 16.0 Å². The SMILES string of the molecule is Cc1ccc(NC(=O)Nc2cccc(NC(=O)c3cccs3)c2)cc1. The molecule has 3 amide bonds. The molecule has 0 bridgehead atoms. The molecule has 6 heteroatoms. The minimum atomic E-state index is -0.342. The fourth-order valence-electron chi connectivity index (χ4n) is 2.21. The third kappa shape index (κ3) is 4.68. The number of anilines is 3. The van der Waals surface area contributed by atoms with E-state index in [4.69, 9.17) is 0 Å². The molecule has 3 N–H and O–H groups in total. The first kappa shape index (κ1) is 16.7. The van der Waals surface area contributed by atoms with E-state index in [1.54, 1.807) is 30.3 Å². The zero-order valence-corrected chi connectivity index (χ0v) is 14.4. The van der Waals surface area contributed by atoms with Crippen LogP contribution in [0.4, 0.5) is 21.9 Å². The second-order valence-electron chi connectivity index (χ2n) is 5.46. The van der Waals surface area contributed by atoms with Gasteiger partial charge in [-0.25, -0.2) is 4.79 Å². The quantitative estimate of drug-likeness (QED) is 0.622. The number of rotatable bonds is 4. The molecule has 0 aliphatic heterocycles. The van der Waals surface area contributed by atoms with Crippen LogP contribution in [-0.4, -0.2) is 11.9 Å². The van der Waals surface area contributed by atoms with Gasteiger partial charge in [-0.15, -0.1) is 11.3 Å². The van der Waals surface area contributed by atoms with Crippen molar-refractivity contribution >= 4 is 40.3 Å². The number of hydrogen-bond acceptors (Lipinski definition) is 3. The standard InChI is InChI=1S/C19H17N3O2S/c1-13-7-9-14(10-8-13)21-19(24)22-16-5-2-4-15(12-16)20-18(23)17-6-3-11-25-17/h2-12H,1H3,(H,20,23)(H2,21,22,24). The summed E-state index contributed by atoms with van der Waals surface area (Å²) >= 11 is 1.38. The van der Waals surface area contributed by atoms with Crippen LogP contribution in [0.3, 0.4) is 0 Å². The lowest BCUT2D eigenvalue weighted by atomic mass is 10.2. The maximum Gasteiger partial charge on any atom is 0.323 e. The van der Waals surface area contributed by atoms with Crippen molar-refractivity contribution in [3.05, 3.63) is 76.5 Å². The van der Waals surface area contributed by atoms with Gasteiger partial charge in [0, 0.05) is 17.1 Å². The molecule has 3 aromatic rings. The van der Waals surface area contributed by atoms with Crippen molar-refractivity contribution in [2.75, 3.05) is 16.0 Å². The van der Waals surface area contributed by atoms with Crippen molar-refractivity contribution < 1.29 is 9.59 Å². The van der Waals surface area contributed by atoms with Crippen LogP contribution in [0.1, 0.15) is 15.2 Å². The Balaban J connectivity index is 1.62. The molecule has 126 valence electrons. The van der Waals surface area contributed by atoms with Crippen molar-refractivity contribution in [1.82, 2.24) is 0 Å². The smallest absolute Gasteiger partial charge is 0.321 e. The van der Waals surface area contributed by atoms with Crippen LogP contribution in [0.25, 0.3) is 0 Å². The third-order valence-electron chi connectivity index (χ3n) is 3.43. The lowest BCUT2D eigenvalue weighted by molar-refractivity contribution is 0.103. The van der Waals surface area contributed by atoms with Gasteiger partial charge in [-0.05, 0) is 48.7 Å². The zero-order chi connectivity index (χ0) is 17.6. The molecule has 2 aromatic carbocycles. The molecule has 1 aromatic heterocycles. The number of carbonyl (C=O) groups is 2. The first-order valence-electron chi connectivity index (χ1n) is 7.70. The van der Waals surface area contributed by atoms with E-state index in [2.05, 4.69) is 16.0 Å². The Labute approximate surface area is 149 Å². The van der Waals surface area contributed by atoms with Gasteiger partial charge in [0.2, 0.25) is 0 Å². The molecule has 25 heavy (non-hydrogen) atoms. The summed E-state index contributed by atoms with van der Waals surface area (Å²) in [4.78, 5) is 24.8. The number of benzene rings is 2. The van der Waals surface area contributed by atoms with Gasteiger partial charge >= 0.3 is 6.03 Å². The lowest BCUT2D eigenvalue weighted by Gasteiger charge is -2.10. The molecule has 0 spiro atoms. The minimum absolute atomic E-state index is 0.170. The van der Waals surface area contributed by atoms with E-state index in [0.29, 0.717) is 21.9 Å². The maximum absolute atomic E-state index is 12.1. The molecule has 0 aliphatic carbocycles. The molecule has 0 saturated carbocycles. The summed E-state index contributed by atoms with van der Waals surface area (Å²) in [6.07, 6.45) is 0. The predicted octanol–water partition coefficient (Wildman–Crippen LogP) is 4.95. The lowest BCUT2D eigenvalue weighted by Crippen LogP contribution is -2.19. The first-order valence-corrected chi connectivity index (χ1v) is 8.58. The van der Waals surface area contributed by atoms with E-state index < -0.39 is 0 Å². The highest BCUT2D eigenvalue weighted by atomic mass is 32.1. The van der Waals surface area contributed by atoms with Crippen molar-refractivity contribution in [3.63, 3.8) is 0 Å². The molecule has 0 saturated heterocycles. The summed E-state index contributed by atoms with van der Waals surface area (Å²) in [5, 5.41) is 10.2. The van der Waals surface area contributed by atoms with E-state index in [-0.39, 0.29) is 11.9 Å². The summed E-state index contributed by atoms with van der Waals surface area (Å²) in [5.41, 5.74) is 3.05. The topological polar surface area (TPSA) is 70.2 Å². The fraction of sp³-hybridized carbons (Fsp3) is 0.0526. The molecule has 3 rings (SSSR count). The van der Waals surface area contributed by atoms with Gasteiger partial charge in [0.25, 0.3) is 5.91 Å². The van der Waals surface area contributed by atoms with Gasteiger partial charge in [0.1, 0.15) is 0 Å². The average Bonchev–Trinajstić information content (AvgIpc) is 3.12. The van der Waals surface area contributed by atoms with Gasteiger partial charge in [-0.2, -0.15) is 0 Å². The van der Waals surface area contributed by atoms with Gasteiger partial charge in [-0.3, -0.25) is 4.79 Å². The van der Waals surface area contributed by atoms with Gasteiger partial charge in [0.15, 0.2) is 0 Å². The Morgan fingerprint density at radius 2 is 1.48 bits per heavy atom. The van der Waals surface area contributed by atoms with E-state index in [9.17, 15) is 9.59 Å². The fourth-order valence-corrected chi connectivity index (χ4v) is 2.82. The van der Waals surface area contributed by atoms with E-state index in [1.807, 2.05) is 42.6 Å². The van der Waals surface area contributed by atoms with Gasteiger partial charge < -0.3 is 16.0 Å². The number of urea groups is 1. The zero-order valence-electron chi connectivity index (χ0n) is 13.6. The van der Waals surface area contributed by atoms with Crippen molar-refractivity contribution in [2.24, 2.45) is 0 Å². The monoisotopic (exact) mass is 351 g/mol. The Kier molecular flexibility index (Phi) is 5.11. The number of carbonyl (C=O) groups excluding carboxylic acids is 2. The summed E-state index contributed by atoms with van der Waals surface area (Å²) in [7, 11) is 0. The number of thiophene rings is 1. The van der Waals surface area contributed by atoms with Crippen molar-refractivity contribution in [2.45, 2.75) is 6.92 Å². The van der Waals surface area contributed by atoms with Crippen LogP contribution in [0.5, 0.6) is 0 Å². The van der Waals surface area contributed by atoms with Crippen LogP contribution in [0, 0.1) is 6.92 Å². The number of hydrogen-bond donors (Lipinski definition) is 3. The molecular formula is C19H17N3O2S. The van der Waals surface area contributed by atoms with Crippen LogP contribution in [0.15, 0.2) is 66.0 Å². The first-order chi connectivity index (χ1) is 12.1. The summed E-state index contributed by atoms with van der Waals surface area (Å²) < 4.78 is 0. The number of aryl methyl sites for hydroxylation is 1. The predicted molar refractivity (Wildman–Crippen MR) is 103 cm³/mol. The highest BCUT2D eigenvalue weighted by molar-refractivity contribution is 7.12. The third-order valence-corrected chi connectivity index (χ3v) is 4.30. The molecule has 0 unspecified atom stereocenters. The van der Waals surface area contributed by atoms with Crippen molar-refractivity contribution in [1.29, 1.82) is 0 Å². The molecule has 5 nitrogen and oxygen atoms in total. The molecular weight excluding hydrogens is 334 g/mol. The molecule has 1 heterocycles. The number of amides is 3. The summed E-state index contributed by atoms with van der Waals surface area (Å²) in [5.74, 6) is -0.170. The van der Waals surface area contributed by atoms with Crippen LogP contribution in [0.2, 0.25) is 0 Å². The Morgan fingerprint density at radius 3 is 2.16 bits per heavy atom. The summed E-state index contributed by atoms with van der Waals surface area (Å²) in [6.45, 7) is 1.99. The van der Waals surface area contributed by atoms with E-state index in [1.165, 1.54) is 11.3 Å². The molecule has 0 radical (unpaired) electrons. The minimum Gasteiger partial charge on any atom is -0.321 e. The molecule has 0 fully saturated rings.